The first-order chi connectivity index (χ1) is 11.1. The zero-order valence-corrected chi connectivity index (χ0v) is 13.3. The molecule has 0 spiro atoms. The number of benzene rings is 2. The highest BCUT2D eigenvalue weighted by Crippen LogP contribution is 2.50. The summed E-state index contributed by atoms with van der Waals surface area (Å²) in [7, 11) is 6.05. The Hall–Kier alpha value is -2.96. The second-order valence-electron chi connectivity index (χ2n) is 4.53. The maximum atomic E-state index is 10.8. The van der Waals surface area contributed by atoms with Crippen LogP contribution >= 0.6 is 0 Å². The third-order valence-electron chi connectivity index (χ3n) is 3.38. The van der Waals surface area contributed by atoms with E-state index < -0.39 is 4.92 Å². The van der Waals surface area contributed by atoms with Crippen molar-refractivity contribution >= 4 is 5.69 Å². The molecule has 0 saturated heterocycles. The first kappa shape index (κ1) is 16.4. The highest BCUT2D eigenvalue weighted by molar-refractivity contribution is 5.82. The molecule has 23 heavy (non-hydrogen) atoms. The van der Waals surface area contributed by atoms with Gasteiger partial charge in [-0.3, -0.25) is 10.1 Å². The predicted molar refractivity (Wildman–Crippen MR) is 84.7 cm³/mol. The fourth-order valence-corrected chi connectivity index (χ4v) is 2.32. The Morgan fingerprint density at radius 3 is 1.83 bits per heavy atom. The van der Waals surface area contributed by atoms with E-state index in [-0.39, 0.29) is 5.69 Å². The van der Waals surface area contributed by atoms with E-state index in [1.54, 1.807) is 18.2 Å². The van der Waals surface area contributed by atoms with Gasteiger partial charge in [-0.1, -0.05) is 0 Å². The van der Waals surface area contributed by atoms with Crippen LogP contribution in [0.4, 0.5) is 5.69 Å². The molecule has 0 atom stereocenters. The standard InChI is InChI=1S/C16H17NO6/c1-20-12-9-13(21-2)15(22-3)16(23-4)14(12)10-5-7-11(8-6-10)17(18)19/h5-9H,1-4H3. The summed E-state index contributed by atoms with van der Waals surface area (Å²) < 4.78 is 21.5. The lowest BCUT2D eigenvalue weighted by Gasteiger charge is -2.19. The van der Waals surface area contributed by atoms with E-state index in [9.17, 15) is 10.1 Å². The fourth-order valence-electron chi connectivity index (χ4n) is 2.32. The maximum Gasteiger partial charge on any atom is 0.269 e. The molecule has 0 fully saturated rings. The number of nitro benzene ring substituents is 1. The van der Waals surface area contributed by atoms with E-state index in [1.165, 1.54) is 40.6 Å². The van der Waals surface area contributed by atoms with Crippen LogP contribution in [0.1, 0.15) is 0 Å². The lowest BCUT2D eigenvalue weighted by molar-refractivity contribution is -0.384. The second kappa shape index (κ2) is 6.87. The number of hydrogen-bond donors (Lipinski definition) is 0. The van der Waals surface area contributed by atoms with Crippen molar-refractivity contribution in [2.24, 2.45) is 0 Å². The van der Waals surface area contributed by atoms with Crippen LogP contribution in [0.15, 0.2) is 30.3 Å². The number of methoxy groups -OCH3 is 4. The minimum Gasteiger partial charge on any atom is -0.496 e. The molecular weight excluding hydrogens is 302 g/mol. The van der Waals surface area contributed by atoms with Gasteiger partial charge in [-0.2, -0.15) is 0 Å². The van der Waals surface area contributed by atoms with Crippen LogP contribution in [-0.2, 0) is 0 Å². The molecule has 122 valence electrons. The van der Waals surface area contributed by atoms with Crippen molar-refractivity contribution in [1.29, 1.82) is 0 Å². The van der Waals surface area contributed by atoms with Crippen LogP contribution in [0, 0.1) is 10.1 Å². The van der Waals surface area contributed by atoms with Crippen LogP contribution in [0.2, 0.25) is 0 Å². The Kier molecular flexibility index (Phi) is 4.90. The summed E-state index contributed by atoms with van der Waals surface area (Å²) in [5, 5.41) is 10.8. The molecule has 0 heterocycles. The van der Waals surface area contributed by atoms with Gasteiger partial charge in [-0.15, -0.1) is 0 Å². The topological polar surface area (TPSA) is 80.1 Å². The second-order valence-corrected chi connectivity index (χ2v) is 4.53. The number of nitro groups is 1. The van der Waals surface area contributed by atoms with Crippen molar-refractivity contribution in [2.75, 3.05) is 28.4 Å². The van der Waals surface area contributed by atoms with E-state index in [0.717, 1.165) is 0 Å². The maximum absolute atomic E-state index is 10.8. The van der Waals surface area contributed by atoms with Crippen molar-refractivity contribution in [2.45, 2.75) is 0 Å². The molecule has 0 aliphatic rings. The highest BCUT2D eigenvalue weighted by atomic mass is 16.6. The third kappa shape index (κ3) is 2.98. The Morgan fingerprint density at radius 2 is 1.39 bits per heavy atom. The molecule has 7 heteroatoms. The van der Waals surface area contributed by atoms with Crippen LogP contribution in [-0.4, -0.2) is 33.4 Å². The van der Waals surface area contributed by atoms with Gasteiger partial charge in [0.05, 0.1) is 38.9 Å². The molecule has 2 rings (SSSR count). The van der Waals surface area contributed by atoms with Crippen LogP contribution in [0.5, 0.6) is 23.0 Å². The van der Waals surface area contributed by atoms with Gasteiger partial charge in [0.25, 0.3) is 5.69 Å². The van der Waals surface area contributed by atoms with Gasteiger partial charge >= 0.3 is 0 Å². The monoisotopic (exact) mass is 319 g/mol. The molecular formula is C16H17NO6. The first-order valence-electron chi connectivity index (χ1n) is 6.69. The Bertz CT molecular complexity index is 712. The number of hydrogen-bond acceptors (Lipinski definition) is 6. The summed E-state index contributed by atoms with van der Waals surface area (Å²) in [4.78, 5) is 10.3. The number of ether oxygens (including phenoxy) is 4. The summed E-state index contributed by atoms with van der Waals surface area (Å²) in [6, 6.07) is 7.78. The summed E-state index contributed by atoms with van der Waals surface area (Å²) >= 11 is 0. The Labute approximate surface area is 133 Å². The fraction of sp³-hybridized carbons (Fsp3) is 0.250. The SMILES string of the molecule is COc1cc(OC)c(-c2ccc([N+](=O)[O-])cc2)c(OC)c1OC. The van der Waals surface area contributed by atoms with E-state index in [2.05, 4.69) is 0 Å². The van der Waals surface area contributed by atoms with Gasteiger partial charge in [0.2, 0.25) is 5.75 Å². The van der Waals surface area contributed by atoms with Crippen molar-refractivity contribution in [3.05, 3.63) is 40.4 Å². The normalized spacial score (nSPS) is 10.1. The molecule has 0 saturated carbocycles. The molecule has 0 radical (unpaired) electrons. The number of non-ortho nitro benzene ring substituents is 1. The van der Waals surface area contributed by atoms with Gasteiger partial charge in [-0.05, 0) is 17.7 Å². The minimum absolute atomic E-state index is 0.00663. The molecule has 0 aromatic heterocycles. The molecule has 0 N–H and O–H groups in total. The van der Waals surface area contributed by atoms with Crippen molar-refractivity contribution < 1.29 is 23.9 Å². The molecule has 0 amide bonds. The van der Waals surface area contributed by atoms with Crippen molar-refractivity contribution in [3.63, 3.8) is 0 Å². The van der Waals surface area contributed by atoms with Gasteiger partial charge in [0, 0.05) is 18.2 Å². The van der Waals surface area contributed by atoms with E-state index in [0.29, 0.717) is 34.1 Å². The summed E-state index contributed by atoms with van der Waals surface area (Å²) in [6.45, 7) is 0. The molecule has 0 aliphatic heterocycles. The third-order valence-corrected chi connectivity index (χ3v) is 3.38. The van der Waals surface area contributed by atoms with Crippen molar-refractivity contribution in [1.82, 2.24) is 0 Å². The first-order valence-corrected chi connectivity index (χ1v) is 6.69. The Morgan fingerprint density at radius 1 is 0.826 bits per heavy atom. The predicted octanol–water partition coefficient (Wildman–Crippen LogP) is 3.30. The molecule has 2 aromatic rings. The summed E-state index contributed by atoms with van der Waals surface area (Å²) in [5.74, 6) is 1.82. The van der Waals surface area contributed by atoms with Crippen LogP contribution in [0.3, 0.4) is 0 Å². The largest absolute Gasteiger partial charge is 0.496 e. The van der Waals surface area contributed by atoms with Crippen LogP contribution < -0.4 is 18.9 Å². The van der Waals surface area contributed by atoms with E-state index in [1.807, 2.05) is 0 Å². The van der Waals surface area contributed by atoms with E-state index >= 15 is 0 Å². The average Bonchev–Trinajstić information content (AvgIpc) is 2.59. The Balaban J connectivity index is 2.70. The smallest absolute Gasteiger partial charge is 0.269 e. The van der Waals surface area contributed by atoms with Crippen molar-refractivity contribution in [3.8, 4) is 34.1 Å². The zero-order valence-electron chi connectivity index (χ0n) is 13.3. The lowest BCUT2D eigenvalue weighted by Crippen LogP contribution is -2.00. The molecule has 0 bridgehead atoms. The number of nitrogens with zero attached hydrogens (tertiary/aromatic N) is 1. The van der Waals surface area contributed by atoms with Gasteiger partial charge in [0.1, 0.15) is 5.75 Å². The molecule has 2 aromatic carbocycles. The molecule has 0 unspecified atom stereocenters. The minimum atomic E-state index is -0.452. The van der Waals surface area contributed by atoms with Gasteiger partial charge < -0.3 is 18.9 Å². The average molecular weight is 319 g/mol. The van der Waals surface area contributed by atoms with Crippen LogP contribution in [0.25, 0.3) is 11.1 Å². The molecule has 0 aliphatic carbocycles. The van der Waals surface area contributed by atoms with Gasteiger partial charge in [0.15, 0.2) is 11.5 Å². The zero-order chi connectivity index (χ0) is 17.0. The van der Waals surface area contributed by atoms with E-state index in [4.69, 9.17) is 18.9 Å². The van der Waals surface area contributed by atoms with Gasteiger partial charge in [-0.25, -0.2) is 0 Å². The molecule has 7 nitrogen and oxygen atoms in total. The lowest BCUT2D eigenvalue weighted by atomic mass is 10.0. The summed E-state index contributed by atoms with van der Waals surface area (Å²) in [6.07, 6.45) is 0. The highest BCUT2D eigenvalue weighted by Gasteiger charge is 2.23. The summed E-state index contributed by atoms with van der Waals surface area (Å²) in [5.41, 5.74) is 1.33. The quantitative estimate of drug-likeness (QED) is 0.600. The number of rotatable bonds is 6.